The third-order valence-electron chi connectivity index (χ3n) is 2.03. The summed E-state index contributed by atoms with van der Waals surface area (Å²) in [6.07, 6.45) is 0.258. The average molecular weight is 158 g/mol. The highest BCUT2D eigenvalue weighted by molar-refractivity contribution is 4.67. The fraction of sp³-hybridized carbons (Fsp3) is 1.00. The lowest BCUT2D eigenvalue weighted by atomic mass is 10.4. The molecular weight excluding hydrogens is 140 g/mol. The van der Waals surface area contributed by atoms with Gasteiger partial charge in [-0.05, 0) is 13.1 Å². The van der Waals surface area contributed by atoms with E-state index in [4.69, 9.17) is 4.74 Å². The number of likely N-dealkylation sites (N-methyl/N-ethyl adjacent to an activating group) is 2. The first-order valence-corrected chi connectivity index (χ1v) is 4.44. The van der Waals surface area contributed by atoms with Crippen LogP contribution in [0, 0.1) is 0 Å². The molecule has 0 aliphatic carbocycles. The molecule has 1 atom stereocenters. The number of morpholine rings is 1. The Hall–Kier alpha value is -0.120. The van der Waals surface area contributed by atoms with E-state index < -0.39 is 0 Å². The van der Waals surface area contributed by atoms with Gasteiger partial charge in [-0.15, -0.1) is 0 Å². The first kappa shape index (κ1) is 8.97. The van der Waals surface area contributed by atoms with E-state index >= 15 is 0 Å². The fourth-order valence-corrected chi connectivity index (χ4v) is 1.34. The SMILES string of the molecule is CCNC1CN(CC)CCO1. The molecule has 1 unspecified atom stereocenters. The molecule has 0 aromatic rings. The van der Waals surface area contributed by atoms with Crippen LogP contribution in [-0.4, -0.2) is 43.9 Å². The second kappa shape index (κ2) is 4.70. The van der Waals surface area contributed by atoms with E-state index in [0.29, 0.717) is 0 Å². The van der Waals surface area contributed by atoms with Crippen molar-refractivity contribution in [3.8, 4) is 0 Å². The van der Waals surface area contributed by atoms with Gasteiger partial charge in [0.2, 0.25) is 0 Å². The fourth-order valence-electron chi connectivity index (χ4n) is 1.34. The van der Waals surface area contributed by atoms with Gasteiger partial charge < -0.3 is 4.74 Å². The lowest BCUT2D eigenvalue weighted by Crippen LogP contribution is -2.48. The summed E-state index contributed by atoms with van der Waals surface area (Å²) < 4.78 is 5.50. The Morgan fingerprint density at radius 3 is 3.00 bits per heavy atom. The Bertz CT molecular complexity index is 106. The molecule has 0 saturated carbocycles. The molecule has 0 aromatic heterocycles. The molecule has 0 aromatic carbocycles. The van der Waals surface area contributed by atoms with Gasteiger partial charge in [0.15, 0.2) is 0 Å². The van der Waals surface area contributed by atoms with E-state index in [1.54, 1.807) is 0 Å². The number of hydrogen-bond donors (Lipinski definition) is 1. The van der Waals surface area contributed by atoms with Gasteiger partial charge in [-0.2, -0.15) is 0 Å². The third kappa shape index (κ3) is 2.77. The summed E-state index contributed by atoms with van der Waals surface area (Å²) in [4.78, 5) is 2.40. The molecule has 1 fully saturated rings. The van der Waals surface area contributed by atoms with Gasteiger partial charge in [0.25, 0.3) is 0 Å². The zero-order valence-corrected chi connectivity index (χ0v) is 7.47. The van der Waals surface area contributed by atoms with Crippen LogP contribution >= 0.6 is 0 Å². The average Bonchev–Trinajstić information content (AvgIpc) is 2.06. The van der Waals surface area contributed by atoms with Gasteiger partial charge in [0, 0.05) is 13.1 Å². The van der Waals surface area contributed by atoms with Crippen LogP contribution in [0.4, 0.5) is 0 Å². The van der Waals surface area contributed by atoms with E-state index in [2.05, 4.69) is 24.1 Å². The molecule has 3 heteroatoms. The first-order chi connectivity index (χ1) is 5.36. The number of rotatable bonds is 3. The zero-order chi connectivity index (χ0) is 8.10. The van der Waals surface area contributed by atoms with Gasteiger partial charge >= 0.3 is 0 Å². The maximum Gasteiger partial charge on any atom is 0.121 e. The van der Waals surface area contributed by atoms with E-state index in [9.17, 15) is 0 Å². The van der Waals surface area contributed by atoms with Gasteiger partial charge in [-0.25, -0.2) is 0 Å². The summed E-state index contributed by atoms with van der Waals surface area (Å²) in [6.45, 7) is 9.39. The molecule has 66 valence electrons. The number of ether oxygens (including phenoxy) is 1. The van der Waals surface area contributed by atoms with Crippen LogP contribution in [0.5, 0.6) is 0 Å². The molecule has 1 saturated heterocycles. The Labute approximate surface area is 68.7 Å². The van der Waals surface area contributed by atoms with Crippen LogP contribution in [-0.2, 0) is 4.74 Å². The quantitative estimate of drug-likeness (QED) is 0.638. The third-order valence-corrected chi connectivity index (χ3v) is 2.03. The Balaban J connectivity index is 2.21. The lowest BCUT2D eigenvalue weighted by Gasteiger charge is -2.32. The number of nitrogens with zero attached hydrogens (tertiary/aromatic N) is 1. The van der Waals surface area contributed by atoms with Crippen molar-refractivity contribution in [3.63, 3.8) is 0 Å². The van der Waals surface area contributed by atoms with Crippen molar-refractivity contribution >= 4 is 0 Å². The molecule has 1 rings (SSSR count). The van der Waals surface area contributed by atoms with Crippen LogP contribution in [0.15, 0.2) is 0 Å². The summed E-state index contributed by atoms with van der Waals surface area (Å²) in [5.41, 5.74) is 0. The van der Waals surface area contributed by atoms with Gasteiger partial charge in [-0.1, -0.05) is 13.8 Å². The normalized spacial score (nSPS) is 27.3. The molecule has 11 heavy (non-hydrogen) atoms. The minimum Gasteiger partial charge on any atom is -0.361 e. The summed E-state index contributed by atoms with van der Waals surface area (Å²) in [7, 11) is 0. The van der Waals surface area contributed by atoms with Crippen molar-refractivity contribution in [1.82, 2.24) is 10.2 Å². The van der Waals surface area contributed by atoms with E-state index in [1.807, 2.05) is 0 Å². The van der Waals surface area contributed by atoms with Gasteiger partial charge in [0.05, 0.1) is 6.61 Å². The number of nitrogens with one attached hydrogen (secondary N) is 1. The molecule has 1 aliphatic heterocycles. The summed E-state index contributed by atoms with van der Waals surface area (Å²) in [6, 6.07) is 0. The molecule has 0 bridgehead atoms. The molecule has 1 heterocycles. The highest BCUT2D eigenvalue weighted by atomic mass is 16.5. The van der Waals surface area contributed by atoms with Gasteiger partial charge in [0.1, 0.15) is 6.23 Å². The summed E-state index contributed by atoms with van der Waals surface area (Å²) in [5, 5.41) is 3.28. The van der Waals surface area contributed by atoms with Crippen molar-refractivity contribution in [2.75, 3.05) is 32.8 Å². The molecule has 0 radical (unpaired) electrons. The Morgan fingerprint density at radius 2 is 2.36 bits per heavy atom. The second-order valence-electron chi connectivity index (χ2n) is 2.81. The van der Waals surface area contributed by atoms with Crippen molar-refractivity contribution in [2.24, 2.45) is 0 Å². The largest absolute Gasteiger partial charge is 0.361 e. The summed E-state index contributed by atoms with van der Waals surface area (Å²) in [5.74, 6) is 0. The lowest BCUT2D eigenvalue weighted by molar-refractivity contribution is -0.0427. The van der Waals surface area contributed by atoms with Crippen LogP contribution in [0.2, 0.25) is 0 Å². The van der Waals surface area contributed by atoms with Crippen LogP contribution in [0.25, 0.3) is 0 Å². The minimum atomic E-state index is 0.258. The van der Waals surface area contributed by atoms with Crippen molar-refractivity contribution < 1.29 is 4.74 Å². The van der Waals surface area contributed by atoms with Crippen LogP contribution < -0.4 is 5.32 Å². The Morgan fingerprint density at radius 1 is 1.55 bits per heavy atom. The smallest absolute Gasteiger partial charge is 0.121 e. The molecule has 3 nitrogen and oxygen atoms in total. The van der Waals surface area contributed by atoms with E-state index in [0.717, 1.165) is 32.8 Å². The predicted octanol–water partition coefficient (Wildman–Crippen LogP) is 0.274. The highest BCUT2D eigenvalue weighted by Gasteiger charge is 2.17. The minimum absolute atomic E-state index is 0.258. The van der Waals surface area contributed by atoms with Crippen molar-refractivity contribution in [2.45, 2.75) is 20.1 Å². The molecule has 1 N–H and O–H groups in total. The van der Waals surface area contributed by atoms with Crippen molar-refractivity contribution in [1.29, 1.82) is 0 Å². The zero-order valence-electron chi connectivity index (χ0n) is 7.47. The molecular formula is C8H18N2O. The van der Waals surface area contributed by atoms with Crippen molar-refractivity contribution in [3.05, 3.63) is 0 Å². The van der Waals surface area contributed by atoms with Gasteiger partial charge in [-0.3, -0.25) is 10.2 Å². The summed E-state index contributed by atoms with van der Waals surface area (Å²) >= 11 is 0. The maximum atomic E-state index is 5.50. The highest BCUT2D eigenvalue weighted by Crippen LogP contribution is 2.01. The van der Waals surface area contributed by atoms with E-state index in [1.165, 1.54) is 0 Å². The molecule has 1 aliphatic rings. The van der Waals surface area contributed by atoms with Crippen LogP contribution in [0.1, 0.15) is 13.8 Å². The second-order valence-corrected chi connectivity index (χ2v) is 2.81. The maximum absolute atomic E-state index is 5.50. The molecule has 0 amide bonds. The first-order valence-electron chi connectivity index (χ1n) is 4.44. The predicted molar refractivity (Wildman–Crippen MR) is 45.5 cm³/mol. The number of hydrogen-bond acceptors (Lipinski definition) is 3. The Kier molecular flexibility index (Phi) is 3.83. The van der Waals surface area contributed by atoms with Crippen LogP contribution in [0.3, 0.4) is 0 Å². The standard InChI is InChI=1S/C8H18N2O/c1-3-9-8-7-10(4-2)5-6-11-8/h8-9H,3-7H2,1-2H3. The van der Waals surface area contributed by atoms with E-state index in [-0.39, 0.29) is 6.23 Å². The monoisotopic (exact) mass is 158 g/mol. The molecule has 0 spiro atoms. The topological polar surface area (TPSA) is 24.5 Å².